The lowest BCUT2D eigenvalue weighted by Crippen LogP contribution is -2.47. The molecule has 0 aromatic heterocycles. The molecule has 0 aromatic rings. The summed E-state index contributed by atoms with van der Waals surface area (Å²) in [4.78, 5) is 2.71. The van der Waals surface area contributed by atoms with Crippen molar-refractivity contribution < 1.29 is 0 Å². The molecule has 2 aliphatic rings. The van der Waals surface area contributed by atoms with E-state index in [1.807, 2.05) is 0 Å². The molecule has 1 aliphatic heterocycles. The second-order valence-electron chi connectivity index (χ2n) is 6.88. The Kier molecular flexibility index (Phi) is 4.52. The van der Waals surface area contributed by atoms with Gasteiger partial charge in [0.1, 0.15) is 0 Å². The van der Waals surface area contributed by atoms with E-state index in [1.165, 1.54) is 51.7 Å². The van der Waals surface area contributed by atoms with Gasteiger partial charge >= 0.3 is 0 Å². The van der Waals surface area contributed by atoms with Crippen molar-refractivity contribution in [2.24, 2.45) is 17.3 Å². The maximum absolute atomic E-state index is 2.71. The number of rotatable bonds is 5. The first-order valence-electron chi connectivity index (χ1n) is 7.90. The zero-order valence-electron chi connectivity index (χ0n) is 12.2. The van der Waals surface area contributed by atoms with E-state index in [1.54, 1.807) is 12.8 Å². The summed E-state index contributed by atoms with van der Waals surface area (Å²) in [5, 5.41) is 0. The molecule has 0 amide bonds. The Balaban J connectivity index is 1.69. The van der Waals surface area contributed by atoms with Crippen LogP contribution in [0.25, 0.3) is 0 Å². The average molecular weight is 237 g/mol. The molecule has 1 nitrogen and oxygen atoms in total. The molecule has 0 aromatic carbocycles. The van der Waals surface area contributed by atoms with Crippen LogP contribution in [0.4, 0.5) is 0 Å². The second kappa shape index (κ2) is 5.73. The number of nitrogens with zero attached hydrogens (tertiary/aromatic N) is 1. The molecule has 0 N–H and O–H groups in total. The zero-order chi connectivity index (χ0) is 12.3. The van der Waals surface area contributed by atoms with E-state index in [2.05, 4.69) is 25.7 Å². The van der Waals surface area contributed by atoms with Crippen molar-refractivity contribution in [2.75, 3.05) is 19.6 Å². The molecule has 1 spiro atoms. The van der Waals surface area contributed by atoms with Crippen LogP contribution in [0.1, 0.15) is 65.7 Å². The Hall–Kier alpha value is -0.0400. The maximum atomic E-state index is 2.71. The minimum Gasteiger partial charge on any atom is -0.303 e. The first-order chi connectivity index (χ1) is 8.17. The third-order valence-electron chi connectivity index (χ3n) is 5.32. The highest BCUT2D eigenvalue weighted by Gasteiger charge is 2.44. The summed E-state index contributed by atoms with van der Waals surface area (Å²) in [6.07, 6.45) is 10.3. The van der Waals surface area contributed by atoms with Crippen LogP contribution >= 0.6 is 0 Å². The molecule has 0 radical (unpaired) electrons. The summed E-state index contributed by atoms with van der Waals surface area (Å²) in [6.45, 7) is 11.1. The first kappa shape index (κ1) is 13.4. The van der Waals surface area contributed by atoms with Crippen molar-refractivity contribution in [3.63, 3.8) is 0 Å². The summed E-state index contributed by atoms with van der Waals surface area (Å²) in [6, 6.07) is 0. The summed E-state index contributed by atoms with van der Waals surface area (Å²) >= 11 is 0. The number of hydrogen-bond acceptors (Lipinski definition) is 1. The van der Waals surface area contributed by atoms with E-state index in [0.29, 0.717) is 0 Å². The van der Waals surface area contributed by atoms with Gasteiger partial charge < -0.3 is 4.90 Å². The van der Waals surface area contributed by atoms with Crippen LogP contribution < -0.4 is 0 Å². The van der Waals surface area contributed by atoms with E-state index >= 15 is 0 Å². The normalized spacial score (nSPS) is 27.0. The van der Waals surface area contributed by atoms with Gasteiger partial charge in [-0.2, -0.15) is 0 Å². The minimum atomic E-state index is 0.797. The first-order valence-corrected chi connectivity index (χ1v) is 7.90. The molecule has 2 rings (SSSR count). The van der Waals surface area contributed by atoms with Crippen LogP contribution in [0.3, 0.4) is 0 Å². The molecule has 1 heterocycles. The van der Waals surface area contributed by atoms with Crippen LogP contribution in [-0.4, -0.2) is 24.5 Å². The summed E-state index contributed by atoms with van der Waals surface area (Å²) in [5.41, 5.74) is 0.797. The average Bonchev–Trinajstić information content (AvgIpc) is 2.30. The van der Waals surface area contributed by atoms with Crippen molar-refractivity contribution in [3.8, 4) is 0 Å². The number of piperidine rings is 1. The molecular formula is C16H31N. The van der Waals surface area contributed by atoms with Gasteiger partial charge in [-0.15, -0.1) is 0 Å². The fraction of sp³-hybridized carbons (Fsp3) is 1.00. The Morgan fingerprint density at radius 3 is 2.35 bits per heavy atom. The summed E-state index contributed by atoms with van der Waals surface area (Å²) < 4.78 is 0. The van der Waals surface area contributed by atoms with E-state index < -0.39 is 0 Å². The summed E-state index contributed by atoms with van der Waals surface area (Å²) in [7, 11) is 0. The topological polar surface area (TPSA) is 3.24 Å². The van der Waals surface area contributed by atoms with Crippen LogP contribution in [0.15, 0.2) is 0 Å². The van der Waals surface area contributed by atoms with E-state index in [0.717, 1.165) is 17.3 Å². The highest BCUT2D eigenvalue weighted by Crippen LogP contribution is 2.53. The SMILES string of the molecule is CCCC1CC2(CCN(CC(C)CC)CC2)C1. The molecule has 1 atom stereocenters. The van der Waals surface area contributed by atoms with Gasteiger partial charge in [0.25, 0.3) is 0 Å². The Bertz CT molecular complexity index is 220. The van der Waals surface area contributed by atoms with Gasteiger partial charge in [-0.3, -0.25) is 0 Å². The lowest BCUT2D eigenvalue weighted by atomic mass is 9.56. The van der Waals surface area contributed by atoms with Crippen LogP contribution in [0.2, 0.25) is 0 Å². The molecule has 2 fully saturated rings. The molecule has 100 valence electrons. The van der Waals surface area contributed by atoms with Gasteiger partial charge in [-0.05, 0) is 56.0 Å². The molecule has 1 saturated heterocycles. The van der Waals surface area contributed by atoms with Gasteiger partial charge in [0.2, 0.25) is 0 Å². The number of hydrogen-bond donors (Lipinski definition) is 0. The Morgan fingerprint density at radius 1 is 1.18 bits per heavy atom. The van der Waals surface area contributed by atoms with Crippen molar-refractivity contribution in [1.82, 2.24) is 4.90 Å². The van der Waals surface area contributed by atoms with E-state index in [4.69, 9.17) is 0 Å². The third kappa shape index (κ3) is 3.24. The van der Waals surface area contributed by atoms with Gasteiger partial charge in [0.05, 0.1) is 0 Å². The van der Waals surface area contributed by atoms with Gasteiger partial charge in [-0.1, -0.05) is 40.0 Å². The van der Waals surface area contributed by atoms with Gasteiger partial charge in [-0.25, -0.2) is 0 Å². The van der Waals surface area contributed by atoms with Crippen molar-refractivity contribution in [1.29, 1.82) is 0 Å². The summed E-state index contributed by atoms with van der Waals surface area (Å²) in [5.74, 6) is 1.97. The fourth-order valence-electron chi connectivity index (χ4n) is 3.97. The molecule has 1 aliphatic carbocycles. The lowest BCUT2D eigenvalue weighted by molar-refractivity contribution is -0.0190. The highest BCUT2D eigenvalue weighted by molar-refractivity contribution is 4.96. The lowest BCUT2D eigenvalue weighted by Gasteiger charge is -2.53. The minimum absolute atomic E-state index is 0.797. The van der Waals surface area contributed by atoms with Gasteiger partial charge in [0, 0.05) is 6.54 Å². The van der Waals surface area contributed by atoms with Crippen LogP contribution in [0, 0.1) is 17.3 Å². The molecule has 1 unspecified atom stereocenters. The molecular weight excluding hydrogens is 206 g/mol. The predicted octanol–water partition coefficient (Wildman–Crippen LogP) is 4.32. The maximum Gasteiger partial charge on any atom is 0.000692 e. The molecule has 0 bridgehead atoms. The molecule has 1 heteroatoms. The van der Waals surface area contributed by atoms with Crippen LogP contribution in [0.5, 0.6) is 0 Å². The monoisotopic (exact) mass is 237 g/mol. The van der Waals surface area contributed by atoms with Crippen molar-refractivity contribution in [2.45, 2.75) is 65.7 Å². The van der Waals surface area contributed by atoms with Gasteiger partial charge in [0.15, 0.2) is 0 Å². The van der Waals surface area contributed by atoms with Crippen molar-refractivity contribution >= 4 is 0 Å². The Morgan fingerprint density at radius 2 is 1.82 bits per heavy atom. The van der Waals surface area contributed by atoms with Crippen LogP contribution in [-0.2, 0) is 0 Å². The number of likely N-dealkylation sites (tertiary alicyclic amines) is 1. The highest BCUT2D eigenvalue weighted by atomic mass is 15.1. The van der Waals surface area contributed by atoms with E-state index in [-0.39, 0.29) is 0 Å². The third-order valence-corrected chi connectivity index (χ3v) is 5.32. The zero-order valence-corrected chi connectivity index (χ0v) is 12.2. The smallest absolute Gasteiger partial charge is 0.000692 e. The predicted molar refractivity (Wildman–Crippen MR) is 75.2 cm³/mol. The quantitative estimate of drug-likeness (QED) is 0.688. The molecule has 17 heavy (non-hydrogen) atoms. The largest absolute Gasteiger partial charge is 0.303 e. The van der Waals surface area contributed by atoms with Crippen molar-refractivity contribution in [3.05, 3.63) is 0 Å². The Labute approximate surface area is 108 Å². The fourth-order valence-corrected chi connectivity index (χ4v) is 3.97. The standard InChI is InChI=1S/C16H31N/c1-4-6-15-11-16(12-15)7-9-17(10-8-16)13-14(3)5-2/h14-15H,4-13H2,1-3H3. The molecule has 1 saturated carbocycles. The van der Waals surface area contributed by atoms with E-state index in [9.17, 15) is 0 Å². The second-order valence-corrected chi connectivity index (χ2v) is 6.88.